The Morgan fingerprint density at radius 3 is 2.62 bits per heavy atom. The molecular weight excluding hydrogens is 276 g/mol. The molecule has 1 amide bonds. The predicted octanol–water partition coefficient (Wildman–Crippen LogP) is 1.84. The van der Waals surface area contributed by atoms with Crippen molar-refractivity contribution in [1.82, 2.24) is 4.90 Å². The van der Waals surface area contributed by atoms with Crippen molar-refractivity contribution in [2.24, 2.45) is 0 Å². The van der Waals surface area contributed by atoms with Gasteiger partial charge in [0.15, 0.2) is 0 Å². The molecule has 1 N–H and O–H groups in total. The summed E-state index contributed by atoms with van der Waals surface area (Å²) in [4.78, 5) is 24.4. The van der Waals surface area contributed by atoms with Crippen molar-refractivity contribution < 1.29 is 19.6 Å². The van der Waals surface area contributed by atoms with E-state index in [0.29, 0.717) is 18.7 Å². The molecule has 0 atom stereocenters. The Morgan fingerprint density at radius 1 is 1.48 bits per heavy atom. The second kappa shape index (κ2) is 7.58. The number of amides is 1. The minimum atomic E-state index is -0.552. The molecule has 1 aromatic carbocycles. The largest absolute Gasteiger partial charge is 0.496 e. The second-order valence-electron chi connectivity index (χ2n) is 4.81. The van der Waals surface area contributed by atoms with Crippen molar-refractivity contribution in [3.05, 3.63) is 33.9 Å². The van der Waals surface area contributed by atoms with Crippen LogP contribution in [0.5, 0.6) is 5.75 Å². The summed E-state index contributed by atoms with van der Waals surface area (Å²) >= 11 is 0. The smallest absolute Gasteiger partial charge is 0.270 e. The maximum Gasteiger partial charge on any atom is 0.270 e. The molecule has 0 saturated carbocycles. The summed E-state index contributed by atoms with van der Waals surface area (Å²) in [5.74, 6) is -0.0563. The molecule has 0 aliphatic heterocycles. The number of carbonyl (C=O) groups excluding carboxylic acids is 1. The van der Waals surface area contributed by atoms with Gasteiger partial charge in [0.2, 0.25) is 0 Å². The van der Waals surface area contributed by atoms with E-state index in [4.69, 9.17) is 9.84 Å². The van der Waals surface area contributed by atoms with Gasteiger partial charge in [0.1, 0.15) is 5.75 Å². The van der Waals surface area contributed by atoms with Crippen LogP contribution in [0.25, 0.3) is 0 Å². The van der Waals surface area contributed by atoms with Crippen molar-refractivity contribution in [1.29, 1.82) is 0 Å². The molecule has 0 unspecified atom stereocenters. The topological polar surface area (TPSA) is 92.9 Å². The molecule has 7 nitrogen and oxygen atoms in total. The molecule has 0 saturated heterocycles. The lowest BCUT2D eigenvalue weighted by Gasteiger charge is -2.27. The van der Waals surface area contributed by atoms with E-state index in [0.717, 1.165) is 0 Å². The SMILES string of the molecule is COc1ccc([N+](=O)[O-])cc1C(=O)N(CCCO)C(C)C. The van der Waals surface area contributed by atoms with Crippen LogP contribution in [0.3, 0.4) is 0 Å². The van der Waals surface area contributed by atoms with Gasteiger partial charge in [0, 0.05) is 31.3 Å². The zero-order valence-corrected chi connectivity index (χ0v) is 12.4. The molecule has 0 aliphatic rings. The summed E-state index contributed by atoms with van der Waals surface area (Å²) in [6.07, 6.45) is 0.446. The van der Waals surface area contributed by atoms with Gasteiger partial charge in [-0.3, -0.25) is 14.9 Å². The number of ether oxygens (including phenoxy) is 1. The van der Waals surface area contributed by atoms with Crippen LogP contribution in [0.4, 0.5) is 5.69 Å². The van der Waals surface area contributed by atoms with Crippen LogP contribution in [0.1, 0.15) is 30.6 Å². The van der Waals surface area contributed by atoms with Crippen LogP contribution in [-0.2, 0) is 0 Å². The second-order valence-corrected chi connectivity index (χ2v) is 4.81. The number of benzene rings is 1. The molecule has 0 heterocycles. The minimum Gasteiger partial charge on any atom is -0.496 e. The van der Waals surface area contributed by atoms with E-state index in [-0.39, 0.29) is 29.8 Å². The summed E-state index contributed by atoms with van der Waals surface area (Å²) in [6, 6.07) is 3.84. The number of nitro groups is 1. The van der Waals surface area contributed by atoms with Crippen LogP contribution in [-0.4, -0.2) is 47.1 Å². The molecule has 7 heteroatoms. The fourth-order valence-electron chi connectivity index (χ4n) is 1.97. The Kier molecular flexibility index (Phi) is 6.10. The van der Waals surface area contributed by atoms with Crippen LogP contribution >= 0.6 is 0 Å². The van der Waals surface area contributed by atoms with Crippen molar-refractivity contribution >= 4 is 11.6 Å². The van der Waals surface area contributed by atoms with Gasteiger partial charge in [-0.2, -0.15) is 0 Å². The molecule has 0 spiro atoms. The Labute approximate surface area is 123 Å². The van der Waals surface area contributed by atoms with Crippen molar-refractivity contribution in [2.75, 3.05) is 20.3 Å². The van der Waals surface area contributed by atoms with Crippen LogP contribution in [0.15, 0.2) is 18.2 Å². The van der Waals surface area contributed by atoms with E-state index >= 15 is 0 Å². The first kappa shape index (κ1) is 16.9. The molecule has 1 aromatic rings. The number of hydrogen-bond acceptors (Lipinski definition) is 5. The van der Waals surface area contributed by atoms with Gasteiger partial charge in [-0.05, 0) is 26.3 Å². The zero-order valence-electron chi connectivity index (χ0n) is 12.4. The maximum absolute atomic E-state index is 12.6. The minimum absolute atomic E-state index is 0.0252. The lowest BCUT2D eigenvalue weighted by atomic mass is 10.1. The van der Waals surface area contributed by atoms with E-state index in [1.54, 1.807) is 4.90 Å². The normalized spacial score (nSPS) is 10.5. The molecular formula is C14H20N2O5. The molecule has 0 radical (unpaired) electrons. The fraction of sp³-hybridized carbons (Fsp3) is 0.500. The van der Waals surface area contributed by atoms with Gasteiger partial charge in [0.05, 0.1) is 17.6 Å². The standard InChI is InChI=1S/C14H20N2O5/c1-10(2)15(7-4-8-17)14(18)12-9-11(16(19)20)5-6-13(12)21-3/h5-6,9-10,17H,4,7-8H2,1-3H3. The zero-order chi connectivity index (χ0) is 16.0. The summed E-state index contributed by atoms with van der Waals surface area (Å²) in [6.45, 7) is 4.04. The Hall–Kier alpha value is -2.15. The van der Waals surface area contributed by atoms with Crippen molar-refractivity contribution in [3.63, 3.8) is 0 Å². The molecule has 0 fully saturated rings. The van der Waals surface area contributed by atoms with Gasteiger partial charge in [-0.15, -0.1) is 0 Å². The van der Waals surface area contributed by atoms with Gasteiger partial charge in [-0.1, -0.05) is 0 Å². The van der Waals surface area contributed by atoms with E-state index in [1.807, 2.05) is 13.8 Å². The number of carbonyl (C=O) groups is 1. The van der Waals surface area contributed by atoms with Crippen molar-refractivity contribution in [3.8, 4) is 5.75 Å². The molecule has 0 aliphatic carbocycles. The summed E-state index contributed by atoms with van der Waals surface area (Å²) in [5.41, 5.74) is -0.0108. The molecule has 0 aromatic heterocycles. The van der Waals surface area contributed by atoms with Gasteiger partial charge < -0.3 is 14.7 Å². The number of hydrogen-bond donors (Lipinski definition) is 1. The third-order valence-electron chi connectivity index (χ3n) is 3.07. The van der Waals surface area contributed by atoms with Crippen LogP contribution in [0, 0.1) is 10.1 Å². The van der Waals surface area contributed by atoms with Gasteiger partial charge in [0.25, 0.3) is 11.6 Å². The Bertz CT molecular complexity index is 516. The summed E-state index contributed by atoms with van der Waals surface area (Å²) in [7, 11) is 1.41. The van der Waals surface area contributed by atoms with Crippen LogP contribution < -0.4 is 4.74 Å². The Morgan fingerprint density at radius 2 is 2.14 bits per heavy atom. The first-order valence-electron chi connectivity index (χ1n) is 6.66. The highest BCUT2D eigenvalue weighted by Gasteiger charge is 2.24. The monoisotopic (exact) mass is 296 g/mol. The number of rotatable bonds is 7. The highest BCUT2D eigenvalue weighted by molar-refractivity contribution is 5.97. The third kappa shape index (κ3) is 4.16. The van der Waals surface area contributed by atoms with E-state index in [9.17, 15) is 14.9 Å². The maximum atomic E-state index is 12.6. The van der Waals surface area contributed by atoms with Crippen molar-refractivity contribution in [2.45, 2.75) is 26.3 Å². The average molecular weight is 296 g/mol. The fourth-order valence-corrected chi connectivity index (χ4v) is 1.97. The van der Waals surface area contributed by atoms with Gasteiger partial charge in [-0.25, -0.2) is 0 Å². The molecule has 1 rings (SSSR count). The average Bonchev–Trinajstić information content (AvgIpc) is 2.46. The van der Waals surface area contributed by atoms with E-state index in [2.05, 4.69) is 0 Å². The lowest BCUT2D eigenvalue weighted by molar-refractivity contribution is -0.384. The number of aliphatic hydroxyl groups excluding tert-OH is 1. The molecule has 0 bridgehead atoms. The van der Waals surface area contributed by atoms with Crippen LogP contribution in [0.2, 0.25) is 0 Å². The highest BCUT2D eigenvalue weighted by Crippen LogP contribution is 2.26. The number of nitrogens with zero attached hydrogens (tertiary/aromatic N) is 2. The lowest BCUT2D eigenvalue weighted by Crippen LogP contribution is -2.38. The van der Waals surface area contributed by atoms with Gasteiger partial charge >= 0.3 is 0 Å². The number of methoxy groups -OCH3 is 1. The van der Waals surface area contributed by atoms with E-state index < -0.39 is 4.92 Å². The first-order valence-corrected chi connectivity index (χ1v) is 6.66. The number of nitro benzene ring substituents is 1. The Balaban J connectivity index is 3.18. The number of non-ortho nitro benzene ring substituents is 1. The predicted molar refractivity (Wildman–Crippen MR) is 77.5 cm³/mol. The highest BCUT2D eigenvalue weighted by atomic mass is 16.6. The molecule has 21 heavy (non-hydrogen) atoms. The third-order valence-corrected chi connectivity index (χ3v) is 3.07. The summed E-state index contributed by atoms with van der Waals surface area (Å²) < 4.78 is 5.12. The quantitative estimate of drug-likeness (QED) is 0.612. The summed E-state index contributed by atoms with van der Waals surface area (Å²) in [5, 5.41) is 19.8. The molecule has 116 valence electrons. The first-order chi connectivity index (χ1) is 9.92. The number of aliphatic hydroxyl groups is 1. The van der Waals surface area contributed by atoms with E-state index in [1.165, 1.54) is 25.3 Å².